The minimum atomic E-state index is -0.334. The zero-order valence-corrected chi connectivity index (χ0v) is 12.9. The number of rotatable bonds is 2. The Balaban J connectivity index is 2.22. The molecular weight excluding hydrogens is 358 g/mol. The Morgan fingerprint density at radius 1 is 1.19 bits per heavy atom. The highest BCUT2D eigenvalue weighted by Gasteiger charge is 2.19. The lowest BCUT2D eigenvalue weighted by molar-refractivity contribution is 0.103. The van der Waals surface area contributed by atoms with Gasteiger partial charge in [0.25, 0.3) is 0 Å². The molecule has 106 valence electrons. The third-order valence-electron chi connectivity index (χ3n) is 3.12. The number of aromatic nitrogens is 2. The zero-order valence-electron chi connectivity index (χ0n) is 10.5. The van der Waals surface area contributed by atoms with Gasteiger partial charge >= 0.3 is 5.69 Å². The number of benzene rings is 2. The lowest BCUT2D eigenvalue weighted by Crippen LogP contribution is -2.07. The number of fused-ring (bicyclic) bond motifs is 1. The van der Waals surface area contributed by atoms with Crippen molar-refractivity contribution in [1.82, 2.24) is 9.97 Å². The second-order valence-corrected chi connectivity index (χ2v) is 5.75. The largest absolute Gasteiger partial charge is 0.398 e. The number of aromatic amines is 2. The quantitative estimate of drug-likeness (QED) is 0.481. The van der Waals surface area contributed by atoms with Crippen LogP contribution in [0, 0.1) is 0 Å². The summed E-state index contributed by atoms with van der Waals surface area (Å²) < 4.78 is 0.551. The maximum absolute atomic E-state index is 12.7. The summed E-state index contributed by atoms with van der Waals surface area (Å²) in [6.07, 6.45) is 0. The van der Waals surface area contributed by atoms with Gasteiger partial charge in [-0.1, -0.05) is 17.7 Å². The number of anilines is 1. The molecule has 0 saturated heterocycles. The molecule has 0 spiro atoms. The Bertz CT molecular complexity index is 909. The van der Waals surface area contributed by atoms with Crippen LogP contribution in [0.5, 0.6) is 0 Å². The smallest absolute Gasteiger partial charge is 0.323 e. The number of halogens is 2. The molecule has 4 N–H and O–H groups in total. The maximum Gasteiger partial charge on any atom is 0.323 e. The summed E-state index contributed by atoms with van der Waals surface area (Å²) in [7, 11) is 0. The van der Waals surface area contributed by atoms with Crippen LogP contribution in [0.1, 0.15) is 15.9 Å². The van der Waals surface area contributed by atoms with E-state index in [-0.39, 0.29) is 22.1 Å². The number of H-pyrrole nitrogens is 2. The molecular formula is C14H9BrClN3O2. The predicted octanol–water partition coefficient (Wildman–Crippen LogP) is 3.09. The van der Waals surface area contributed by atoms with E-state index in [9.17, 15) is 9.59 Å². The van der Waals surface area contributed by atoms with Gasteiger partial charge in [-0.05, 0) is 40.2 Å². The summed E-state index contributed by atoms with van der Waals surface area (Å²) in [5.41, 5.74) is 7.58. The molecule has 21 heavy (non-hydrogen) atoms. The fourth-order valence-corrected chi connectivity index (χ4v) is 2.94. The molecule has 3 rings (SSSR count). The van der Waals surface area contributed by atoms with Crippen molar-refractivity contribution in [3.05, 3.63) is 61.4 Å². The summed E-state index contributed by atoms with van der Waals surface area (Å²) in [6.45, 7) is 0. The second-order valence-electron chi connectivity index (χ2n) is 4.49. The second kappa shape index (κ2) is 5.05. The van der Waals surface area contributed by atoms with Gasteiger partial charge in [0, 0.05) is 15.7 Å². The number of ketones is 1. The maximum atomic E-state index is 12.7. The third-order valence-corrected chi connectivity index (χ3v) is 4.09. The molecule has 0 bridgehead atoms. The summed E-state index contributed by atoms with van der Waals surface area (Å²) in [5.74, 6) is -0.311. The molecule has 0 aliphatic carbocycles. The van der Waals surface area contributed by atoms with Gasteiger partial charge in [0.15, 0.2) is 5.78 Å². The van der Waals surface area contributed by atoms with Gasteiger partial charge in [-0.15, -0.1) is 0 Å². The zero-order chi connectivity index (χ0) is 15.1. The molecule has 0 radical (unpaired) electrons. The van der Waals surface area contributed by atoms with Crippen molar-refractivity contribution in [2.75, 3.05) is 5.73 Å². The Hall–Kier alpha value is -2.05. The molecule has 5 nitrogen and oxygen atoms in total. The summed E-state index contributed by atoms with van der Waals surface area (Å²) in [5, 5.41) is 0.287. The highest BCUT2D eigenvalue weighted by molar-refractivity contribution is 9.10. The molecule has 1 heterocycles. The van der Waals surface area contributed by atoms with Crippen LogP contribution in [0.25, 0.3) is 11.0 Å². The molecule has 3 aromatic rings. The van der Waals surface area contributed by atoms with Gasteiger partial charge in [0.05, 0.1) is 21.6 Å². The van der Waals surface area contributed by atoms with Crippen molar-refractivity contribution >= 4 is 50.0 Å². The van der Waals surface area contributed by atoms with Crippen LogP contribution < -0.4 is 11.4 Å². The van der Waals surface area contributed by atoms with Crippen LogP contribution >= 0.6 is 27.5 Å². The summed E-state index contributed by atoms with van der Waals surface area (Å²) in [6, 6.07) is 8.14. The Morgan fingerprint density at radius 2 is 1.86 bits per heavy atom. The van der Waals surface area contributed by atoms with E-state index in [1.807, 2.05) is 0 Å². The van der Waals surface area contributed by atoms with Crippen LogP contribution in [0.2, 0.25) is 5.02 Å². The molecule has 0 amide bonds. The molecule has 0 aliphatic rings. The Labute approximate surface area is 132 Å². The van der Waals surface area contributed by atoms with Crippen molar-refractivity contribution in [2.45, 2.75) is 0 Å². The highest BCUT2D eigenvalue weighted by Crippen LogP contribution is 2.29. The lowest BCUT2D eigenvalue weighted by atomic mass is 10.0. The first kappa shape index (κ1) is 13.9. The first-order valence-corrected chi connectivity index (χ1v) is 7.14. The highest BCUT2D eigenvalue weighted by atomic mass is 79.9. The number of hydrogen-bond acceptors (Lipinski definition) is 3. The summed E-state index contributed by atoms with van der Waals surface area (Å²) >= 11 is 9.40. The monoisotopic (exact) mass is 365 g/mol. The topological polar surface area (TPSA) is 91.7 Å². The van der Waals surface area contributed by atoms with Crippen LogP contribution in [-0.2, 0) is 0 Å². The van der Waals surface area contributed by atoms with Crippen molar-refractivity contribution in [3.63, 3.8) is 0 Å². The average Bonchev–Trinajstić information content (AvgIpc) is 2.76. The number of carbonyl (C=O) groups is 1. The van der Waals surface area contributed by atoms with Crippen LogP contribution in [0.15, 0.2) is 39.6 Å². The Morgan fingerprint density at radius 3 is 2.52 bits per heavy atom. The number of nitrogens with two attached hydrogens (primary N) is 1. The molecule has 0 unspecified atom stereocenters. The SMILES string of the molecule is Nc1cccc(Cl)c1C(=O)c1cc2[nH]c(=O)[nH]c2cc1Br. The van der Waals surface area contributed by atoms with E-state index in [0.717, 1.165) is 0 Å². The normalized spacial score (nSPS) is 11.0. The van der Waals surface area contributed by atoms with Crippen molar-refractivity contribution in [1.29, 1.82) is 0 Å². The van der Waals surface area contributed by atoms with Gasteiger partial charge in [0.1, 0.15) is 0 Å². The predicted molar refractivity (Wildman–Crippen MR) is 85.9 cm³/mol. The van der Waals surface area contributed by atoms with Crippen molar-refractivity contribution in [3.8, 4) is 0 Å². The first-order valence-electron chi connectivity index (χ1n) is 5.97. The fourth-order valence-electron chi connectivity index (χ4n) is 2.15. The van der Waals surface area contributed by atoms with Gasteiger partial charge < -0.3 is 15.7 Å². The molecule has 1 aromatic heterocycles. The third kappa shape index (κ3) is 2.36. The van der Waals surface area contributed by atoms with Crippen molar-refractivity contribution in [2.24, 2.45) is 0 Å². The molecule has 0 aliphatic heterocycles. The average molecular weight is 367 g/mol. The molecule has 2 aromatic carbocycles. The van der Waals surface area contributed by atoms with E-state index in [0.29, 0.717) is 26.8 Å². The number of nitrogen functional groups attached to an aromatic ring is 1. The molecule has 0 atom stereocenters. The van der Waals surface area contributed by atoms with Gasteiger partial charge in [-0.2, -0.15) is 0 Å². The van der Waals surface area contributed by atoms with E-state index in [2.05, 4.69) is 25.9 Å². The standard InChI is InChI=1S/C14H9BrClN3O2/c15-7-5-11-10(18-14(21)19-11)4-6(7)13(20)12-8(16)2-1-3-9(12)17/h1-5H,17H2,(H2,18,19,21). The number of hydrogen-bond donors (Lipinski definition) is 3. The van der Waals surface area contributed by atoms with E-state index in [4.69, 9.17) is 17.3 Å². The van der Waals surface area contributed by atoms with Gasteiger partial charge in [0.2, 0.25) is 0 Å². The minimum absolute atomic E-state index is 0.247. The van der Waals surface area contributed by atoms with Crippen molar-refractivity contribution < 1.29 is 4.79 Å². The van der Waals surface area contributed by atoms with Crippen LogP contribution in [-0.4, -0.2) is 15.8 Å². The van der Waals surface area contributed by atoms with E-state index in [1.165, 1.54) is 0 Å². The van der Waals surface area contributed by atoms with E-state index < -0.39 is 0 Å². The van der Waals surface area contributed by atoms with E-state index >= 15 is 0 Å². The molecule has 0 fully saturated rings. The minimum Gasteiger partial charge on any atom is -0.398 e. The van der Waals surface area contributed by atoms with Gasteiger partial charge in [-0.3, -0.25) is 4.79 Å². The van der Waals surface area contributed by atoms with Gasteiger partial charge in [-0.25, -0.2) is 4.79 Å². The molecule has 7 heteroatoms. The number of nitrogens with one attached hydrogen (secondary N) is 2. The molecule has 0 saturated carbocycles. The Kier molecular flexibility index (Phi) is 3.35. The summed E-state index contributed by atoms with van der Waals surface area (Å²) in [4.78, 5) is 29.2. The van der Waals surface area contributed by atoms with Crippen LogP contribution in [0.4, 0.5) is 5.69 Å². The number of imidazole rings is 1. The number of carbonyl (C=O) groups excluding carboxylic acids is 1. The van der Waals surface area contributed by atoms with E-state index in [1.54, 1.807) is 30.3 Å². The lowest BCUT2D eigenvalue weighted by Gasteiger charge is -2.08. The van der Waals surface area contributed by atoms with Crippen LogP contribution in [0.3, 0.4) is 0 Å². The fraction of sp³-hybridized carbons (Fsp3) is 0. The first-order chi connectivity index (χ1) is 9.97.